The van der Waals surface area contributed by atoms with Crippen LogP contribution in [0.4, 0.5) is 0 Å². The Morgan fingerprint density at radius 1 is 1.62 bits per heavy atom. The topological polar surface area (TPSA) is 45.8 Å². The molecule has 0 aromatic carbocycles. The molecule has 1 heterocycles. The highest BCUT2D eigenvalue weighted by molar-refractivity contribution is 5.94. The average molecular weight is 176 g/mol. The molecule has 1 N–H and O–H groups in total. The van der Waals surface area contributed by atoms with Crippen molar-refractivity contribution in [2.75, 3.05) is 0 Å². The summed E-state index contributed by atoms with van der Waals surface area (Å²) in [6, 6.07) is 0. The molecule has 3 nitrogen and oxygen atoms in total. The molecule has 13 heavy (non-hydrogen) atoms. The highest BCUT2D eigenvalue weighted by atomic mass is 16.1. The number of ketones is 1. The second kappa shape index (κ2) is 2.03. The van der Waals surface area contributed by atoms with E-state index in [0.29, 0.717) is 5.92 Å². The second-order valence-corrected chi connectivity index (χ2v) is 4.27. The number of carbonyl (C=O) groups is 1. The van der Waals surface area contributed by atoms with E-state index >= 15 is 0 Å². The van der Waals surface area contributed by atoms with E-state index in [0.717, 1.165) is 24.0 Å². The van der Waals surface area contributed by atoms with Gasteiger partial charge in [0.15, 0.2) is 5.78 Å². The molecular weight excluding hydrogens is 164 g/mol. The minimum atomic E-state index is 0.114. The van der Waals surface area contributed by atoms with Gasteiger partial charge in [-0.1, -0.05) is 6.92 Å². The third-order valence-electron chi connectivity index (χ3n) is 3.57. The first kappa shape index (κ1) is 7.30. The van der Waals surface area contributed by atoms with Crippen LogP contribution in [0.15, 0.2) is 0 Å². The molecule has 3 heteroatoms. The zero-order valence-corrected chi connectivity index (χ0v) is 7.79. The monoisotopic (exact) mass is 176 g/mol. The van der Waals surface area contributed by atoms with E-state index in [2.05, 4.69) is 17.1 Å². The lowest BCUT2D eigenvalue weighted by atomic mass is 10.1. The first-order valence-electron chi connectivity index (χ1n) is 4.78. The third kappa shape index (κ3) is 0.747. The number of hydrogen-bond acceptors (Lipinski definition) is 2. The molecule has 2 aliphatic rings. The maximum absolute atomic E-state index is 11.2. The Morgan fingerprint density at radius 2 is 2.38 bits per heavy atom. The van der Waals surface area contributed by atoms with E-state index in [9.17, 15) is 4.79 Å². The Labute approximate surface area is 76.5 Å². The molecule has 1 fully saturated rings. The molecular formula is C10H12N2O. The lowest BCUT2D eigenvalue weighted by Crippen LogP contribution is -1.99. The van der Waals surface area contributed by atoms with E-state index in [1.54, 1.807) is 6.92 Å². The summed E-state index contributed by atoms with van der Waals surface area (Å²) in [5.41, 5.74) is 3.11. The predicted molar refractivity (Wildman–Crippen MR) is 47.7 cm³/mol. The van der Waals surface area contributed by atoms with Gasteiger partial charge < -0.3 is 0 Å². The van der Waals surface area contributed by atoms with Gasteiger partial charge in [0, 0.05) is 18.4 Å². The summed E-state index contributed by atoms with van der Waals surface area (Å²) >= 11 is 0. The first-order chi connectivity index (χ1) is 6.20. The predicted octanol–water partition coefficient (Wildman–Crippen LogP) is 1.52. The lowest BCUT2D eigenvalue weighted by Gasteiger charge is -1.97. The van der Waals surface area contributed by atoms with Crippen LogP contribution in [-0.4, -0.2) is 16.0 Å². The number of aromatic nitrogens is 2. The van der Waals surface area contributed by atoms with Crippen molar-refractivity contribution in [1.29, 1.82) is 0 Å². The number of hydrogen-bond donors (Lipinski definition) is 1. The molecule has 1 aromatic heterocycles. The van der Waals surface area contributed by atoms with Gasteiger partial charge in [-0.2, -0.15) is 5.10 Å². The summed E-state index contributed by atoms with van der Waals surface area (Å²) < 4.78 is 0. The fraction of sp³-hybridized carbons (Fsp3) is 0.600. The van der Waals surface area contributed by atoms with Crippen molar-refractivity contribution in [2.45, 2.75) is 26.2 Å². The molecule has 1 aromatic rings. The Hall–Kier alpha value is -1.12. The van der Waals surface area contributed by atoms with Crippen LogP contribution in [0.5, 0.6) is 0 Å². The number of nitrogens with one attached hydrogen (secondary N) is 1. The zero-order chi connectivity index (χ0) is 9.16. The minimum Gasteiger partial charge on any atom is -0.293 e. The second-order valence-electron chi connectivity index (χ2n) is 4.27. The normalized spacial score (nSPS) is 34.2. The van der Waals surface area contributed by atoms with Crippen LogP contribution < -0.4 is 0 Å². The van der Waals surface area contributed by atoms with E-state index < -0.39 is 0 Å². The number of Topliss-reactive ketones (excluding diaryl/α,β-unsaturated/α-hetero) is 1. The first-order valence-corrected chi connectivity index (χ1v) is 4.78. The molecule has 2 aliphatic carbocycles. The third-order valence-corrected chi connectivity index (χ3v) is 3.57. The summed E-state index contributed by atoms with van der Waals surface area (Å²) in [7, 11) is 0. The largest absolute Gasteiger partial charge is 0.293 e. The number of carbonyl (C=O) groups excluding carboxylic acids is 1. The van der Waals surface area contributed by atoms with E-state index in [-0.39, 0.29) is 5.78 Å². The molecule has 0 radical (unpaired) electrons. The molecule has 0 spiro atoms. The highest BCUT2D eigenvalue weighted by Crippen LogP contribution is 2.60. The summed E-state index contributed by atoms with van der Waals surface area (Å²) in [4.78, 5) is 11.2. The molecule has 0 unspecified atom stereocenters. The smallest absolute Gasteiger partial charge is 0.177 e. The van der Waals surface area contributed by atoms with E-state index in [1.165, 1.54) is 11.3 Å². The van der Waals surface area contributed by atoms with Crippen LogP contribution in [0.25, 0.3) is 0 Å². The van der Waals surface area contributed by atoms with Crippen molar-refractivity contribution < 1.29 is 4.79 Å². The number of fused-ring (bicyclic) bond motifs is 3. The number of rotatable bonds is 1. The average Bonchev–Trinajstić information content (AvgIpc) is 2.49. The number of H-pyrrole nitrogens is 1. The van der Waals surface area contributed by atoms with Gasteiger partial charge >= 0.3 is 0 Å². The molecule has 0 aliphatic heterocycles. The quantitative estimate of drug-likeness (QED) is 0.659. The summed E-state index contributed by atoms with van der Waals surface area (Å²) in [5, 5.41) is 7.10. The van der Waals surface area contributed by atoms with Gasteiger partial charge in [-0.3, -0.25) is 9.89 Å². The molecule has 0 amide bonds. The van der Waals surface area contributed by atoms with Crippen molar-refractivity contribution >= 4 is 5.78 Å². The molecule has 0 saturated heterocycles. The van der Waals surface area contributed by atoms with Crippen LogP contribution >= 0.6 is 0 Å². The highest BCUT2D eigenvalue weighted by Gasteiger charge is 2.55. The Morgan fingerprint density at radius 3 is 3.08 bits per heavy atom. The standard InChI is InChI=1S/C10H12N2O/c1-4-6-3-7-9(5(2)13)11-12-10(7)8(4)6/h4,6,8H,3H2,1-2H3,(H,11,12)/t4-,6-,8+/m0/s1. The fourth-order valence-electron chi connectivity index (χ4n) is 2.70. The fourth-order valence-corrected chi connectivity index (χ4v) is 2.70. The van der Waals surface area contributed by atoms with Crippen LogP contribution in [0, 0.1) is 11.8 Å². The zero-order valence-electron chi connectivity index (χ0n) is 7.79. The Balaban J connectivity index is 2.08. The van der Waals surface area contributed by atoms with E-state index in [4.69, 9.17) is 0 Å². The Bertz CT molecular complexity index is 394. The maximum atomic E-state index is 11.2. The molecule has 68 valence electrons. The SMILES string of the molecule is CC(=O)c1[nH]nc2c1C[C@H]1[C@H](C)[C@@H]21. The van der Waals surface area contributed by atoms with Crippen LogP contribution in [0.2, 0.25) is 0 Å². The molecule has 0 bridgehead atoms. The summed E-state index contributed by atoms with van der Waals surface area (Å²) in [6.07, 6.45) is 1.06. The van der Waals surface area contributed by atoms with Gasteiger partial charge in [-0.05, 0) is 18.3 Å². The molecule has 3 atom stereocenters. The van der Waals surface area contributed by atoms with Gasteiger partial charge in [0.05, 0.1) is 5.69 Å². The van der Waals surface area contributed by atoms with Gasteiger partial charge in [0.25, 0.3) is 0 Å². The minimum absolute atomic E-state index is 0.114. The van der Waals surface area contributed by atoms with Crippen molar-refractivity contribution in [3.63, 3.8) is 0 Å². The molecule has 1 saturated carbocycles. The van der Waals surface area contributed by atoms with E-state index in [1.807, 2.05) is 0 Å². The van der Waals surface area contributed by atoms with Crippen LogP contribution in [0.3, 0.4) is 0 Å². The van der Waals surface area contributed by atoms with Crippen LogP contribution in [-0.2, 0) is 6.42 Å². The van der Waals surface area contributed by atoms with Crippen molar-refractivity contribution in [2.24, 2.45) is 11.8 Å². The summed E-state index contributed by atoms with van der Waals surface area (Å²) in [5.74, 6) is 2.34. The molecule has 3 rings (SSSR count). The van der Waals surface area contributed by atoms with Gasteiger partial charge in [-0.25, -0.2) is 0 Å². The van der Waals surface area contributed by atoms with Crippen molar-refractivity contribution in [1.82, 2.24) is 10.2 Å². The lowest BCUT2D eigenvalue weighted by molar-refractivity contribution is 0.101. The number of nitrogens with zero attached hydrogens (tertiary/aromatic N) is 1. The number of aromatic amines is 1. The van der Waals surface area contributed by atoms with Gasteiger partial charge in [0.2, 0.25) is 0 Å². The summed E-state index contributed by atoms with van der Waals surface area (Å²) in [6.45, 7) is 3.86. The van der Waals surface area contributed by atoms with Crippen molar-refractivity contribution in [3.05, 3.63) is 17.0 Å². The van der Waals surface area contributed by atoms with Gasteiger partial charge in [-0.15, -0.1) is 0 Å². The Kier molecular flexibility index (Phi) is 1.14. The van der Waals surface area contributed by atoms with Gasteiger partial charge in [0.1, 0.15) is 5.69 Å². The van der Waals surface area contributed by atoms with Crippen LogP contribution in [0.1, 0.15) is 41.5 Å². The maximum Gasteiger partial charge on any atom is 0.177 e. The van der Waals surface area contributed by atoms with Crippen molar-refractivity contribution in [3.8, 4) is 0 Å².